The molecule has 17 heavy (non-hydrogen) atoms. The predicted octanol–water partition coefficient (Wildman–Crippen LogP) is 1.71. The lowest BCUT2D eigenvalue weighted by molar-refractivity contribution is 0.404. The maximum Gasteiger partial charge on any atom is 0.183 e. The van der Waals surface area contributed by atoms with Gasteiger partial charge in [0.15, 0.2) is 14.3 Å². The molecule has 1 aliphatic heterocycles. The van der Waals surface area contributed by atoms with Crippen LogP contribution in [0.15, 0.2) is 6.20 Å². The van der Waals surface area contributed by atoms with Crippen LogP contribution in [0.1, 0.15) is 17.7 Å². The van der Waals surface area contributed by atoms with Crippen LogP contribution in [0.25, 0.3) is 0 Å². The number of sulfone groups is 1. The van der Waals surface area contributed by atoms with Crippen molar-refractivity contribution in [2.75, 3.05) is 18.8 Å². The molecule has 0 spiro atoms. The molecular weight excluding hydrogens is 280 g/mol. The molecule has 1 N–H and O–H groups in total. The van der Waals surface area contributed by atoms with E-state index in [2.05, 4.69) is 10.3 Å². The summed E-state index contributed by atoms with van der Waals surface area (Å²) in [6, 6.07) is 0. The number of rotatable bonds is 4. The Balaban J connectivity index is 1.94. The van der Waals surface area contributed by atoms with Gasteiger partial charge in [0.1, 0.15) is 0 Å². The van der Waals surface area contributed by atoms with Gasteiger partial charge in [-0.1, -0.05) is 11.6 Å². The molecule has 4 nitrogen and oxygen atoms in total. The Bertz CT molecular complexity index is 466. The highest BCUT2D eigenvalue weighted by Gasteiger charge is 2.22. The van der Waals surface area contributed by atoms with Crippen LogP contribution in [0.4, 0.5) is 0 Å². The van der Waals surface area contributed by atoms with E-state index < -0.39 is 9.84 Å². The quantitative estimate of drug-likeness (QED) is 0.918. The SMILES string of the molecule is O=S(=O)(Cc1cnc(Cl)s1)CC1CCCNC1. The molecule has 0 amide bonds. The van der Waals surface area contributed by atoms with Crippen LogP contribution in [0.3, 0.4) is 0 Å². The van der Waals surface area contributed by atoms with Crippen LogP contribution in [0.5, 0.6) is 0 Å². The van der Waals surface area contributed by atoms with Gasteiger partial charge in [-0.2, -0.15) is 0 Å². The zero-order valence-electron chi connectivity index (χ0n) is 9.36. The standard InChI is InChI=1S/C10H15ClN2O2S2/c11-10-13-5-9(16-10)7-17(14,15)6-8-2-1-3-12-4-8/h5,8,12H,1-4,6-7H2. The zero-order valence-corrected chi connectivity index (χ0v) is 11.7. The topological polar surface area (TPSA) is 59.1 Å². The Labute approximate surface area is 110 Å². The lowest BCUT2D eigenvalue weighted by Gasteiger charge is -2.22. The number of halogens is 1. The molecule has 1 saturated heterocycles. The fraction of sp³-hybridized carbons (Fsp3) is 0.700. The lowest BCUT2D eigenvalue weighted by Crippen LogP contribution is -2.34. The maximum absolute atomic E-state index is 12.0. The van der Waals surface area contributed by atoms with Gasteiger partial charge < -0.3 is 5.32 Å². The molecule has 1 atom stereocenters. The van der Waals surface area contributed by atoms with Gasteiger partial charge in [0.2, 0.25) is 0 Å². The average Bonchev–Trinajstić information content (AvgIpc) is 2.63. The second-order valence-electron chi connectivity index (χ2n) is 4.35. The van der Waals surface area contributed by atoms with Crippen molar-refractivity contribution < 1.29 is 8.42 Å². The Kier molecular flexibility index (Phi) is 4.41. The number of hydrogen-bond acceptors (Lipinski definition) is 5. The Hall–Kier alpha value is -0.170. The number of nitrogens with zero attached hydrogens (tertiary/aromatic N) is 1. The van der Waals surface area contributed by atoms with Crippen molar-refractivity contribution in [2.24, 2.45) is 5.92 Å². The first kappa shape index (κ1) is 13.3. The summed E-state index contributed by atoms with van der Waals surface area (Å²) in [5, 5.41) is 3.23. The smallest absolute Gasteiger partial charge is 0.183 e. The molecule has 0 bridgehead atoms. The monoisotopic (exact) mass is 294 g/mol. The van der Waals surface area contributed by atoms with Crippen molar-refractivity contribution in [3.8, 4) is 0 Å². The highest BCUT2D eigenvalue weighted by Crippen LogP contribution is 2.22. The maximum atomic E-state index is 12.0. The molecule has 2 heterocycles. The number of thiazole rings is 1. The van der Waals surface area contributed by atoms with Crippen molar-refractivity contribution in [2.45, 2.75) is 18.6 Å². The molecule has 1 unspecified atom stereocenters. The van der Waals surface area contributed by atoms with E-state index in [0.717, 1.165) is 30.8 Å². The molecule has 96 valence electrons. The van der Waals surface area contributed by atoms with Crippen LogP contribution in [-0.4, -0.2) is 32.2 Å². The molecule has 0 aliphatic carbocycles. The van der Waals surface area contributed by atoms with Gasteiger partial charge in [-0.3, -0.25) is 0 Å². The van der Waals surface area contributed by atoms with Crippen molar-refractivity contribution in [3.05, 3.63) is 15.5 Å². The number of nitrogens with one attached hydrogen (secondary N) is 1. The Morgan fingerprint density at radius 1 is 1.59 bits per heavy atom. The molecule has 0 saturated carbocycles. The van der Waals surface area contributed by atoms with Gasteiger partial charge >= 0.3 is 0 Å². The first-order valence-corrected chi connectivity index (χ1v) is 8.58. The summed E-state index contributed by atoms with van der Waals surface area (Å²) in [5.74, 6) is 0.570. The van der Waals surface area contributed by atoms with Gasteiger partial charge in [0.05, 0.1) is 11.5 Å². The van der Waals surface area contributed by atoms with E-state index in [0.29, 0.717) is 4.47 Å². The van der Waals surface area contributed by atoms with E-state index in [1.807, 2.05) is 0 Å². The third-order valence-corrected chi connectivity index (χ3v) is 5.80. The van der Waals surface area contributed by atoms with Crippen LogP contribution in [0.2, 0.25) is 4.47 Å². The Morgan fingerprint density at radius 3 is 3.00 bits per heavy atom. The van der Waals surface area contributed by atoms with Crippen molar-refractivity contribution in [1.82, 2.24) is 10.3 Å². The van der Waals surface area contributed by atoms with E-state index in [9.17, 15) is 8.42 Å². The van der Waals surface area contributed by atoms with Crippen molar-refractivity contribution in [1.29, 1.82) is 0 Å². The van der Waals surface area contributed by atoms with E-state index in [1.54, 1.807) is 6.20 Å². The number of hydrogen-bond donors (Lipinski definition) is 1. The molecule has 0 radical (unpaired) electrons. The molecule has 1 aliphatic rings. The minimum atomic E-state index is -3.05. The van der Waals surface area contributed by atoms with Crippen LogP contribution < -0.4 is 5.32 Å². The first-order chi connectivity index (χ1) is 8.05. The predicted molar refractivity (Wildman–Crippen MR) is 70.2 cm³/mol. The van der Waals surface area contributed by atoms with Crippen molar-refractivity contribution in [3.63, 3.8) is 0 Å². The minimum Gasteiger partial charge on any atom is -0.316 e. The second-order valence-corrected chi connectivity index (χ2v) is 8.15. The van der Waals surface area contributed by atoms with Gasteiger partial charge in [0, 0.05) is 11.1 Å². The van der Waals surface area contributed by atoms with Gasteiger partial charge in [-0.25, -0.2) is 13.4 Å². The summed E-state index contributed by atoms with van der Waals surface area (Å²) in [4.78, 5) is 4.58. The largest absolute Gasteiger partial charge is 0.316 e. The summed E-state index contributed by atoms with van der Waals surface area (Å²) in [5.41, 5.74) is 0. The highest BCUT2D eigenvalue weighted by atomic mass is 35.5. The molecule has 2 rings (SSSR count). The van der Waals surface area contributed by atoms with Crippen molar-refractivity contribution >= 4 is 32.8 Å². The third kappa shape index (κ3) is 4.21. The van der Waals surface area contributed by atoms with E-state index in [4.69, 9.17) is 11.6 Å². The molecular formula is C10H15ClN2O2S2. The van der Waals surface area contributed by atoms with Crippen LogP contribution >= 0.6 is 22.9 Å². The molecule has 7 heteroatoms. The molecule has 1 aromatic rings. The van der Waals surface area contributed by atoms with Gasteiger partial charge in [0.25, 0.3) is 0 Å². The normalized spacial score (nSPS) is 21.6. The average molecular weight is 295 g/mol. The summed E-state index contributed by atoms with van der Waals surface area (Å²) < 4.78 is 24.4. The first-order valence-electron chi connectivity index (χ1n) is 5.56. The van der Waals surface area contributed by atoms with E-state index in [1.165, 1.54) is 11.3 Å². The summed E-state index contributed by atoms with van der Waals surface area (Å²) in [7, 11) is -3.05. The highest BCUT2D eigenvalue weighted by molar-refractivity contribution is 7.90. The fourth-order valence-corrected chi connectivity index (χ4v) is 5.23. The molecule has 0 aromatic carbocycles. The molecule has 1 fully saturated rings. The fourth-order valence-electron chi connectivity index (χ4n) is 2.05. The van der Waals surface area contributed by atoms with Gasteiger partial charge in [-0.15, -0.1) is 11.3 Å². The summed E-state index contributed by atoms with van der Waals surface area (Å²) >= 11 is 6.92. The zero-order chi connectivity index (χ0) is 12.3. The number of piperidine rings is 1. The Morgan fingerprint density at radius 2 is 2.41 bits per heavy atom. The third-order valence-electron chi connectivity index (χ3n) is 2.78. The number of aromatic nitrogens is 1. The lowest BCUT2D eigenvalue weighted by atomic mass is 10.0. The van der Waals surface area contributed by atoms with E-state index in [-0.39, 0.29) is 17.4 Å². The summed E-state index contributed by atoms with van der Waals surface area (Å²) in [6.07, 6.45) is 3.60. The minimum absolute atomic E-state index is 0.0634. The van der Waals surface area contributed by atoms with Crippen LogP contribution in [0, 0.1) is 5.92 Å². The molecule has 1 aromatic heterocycles. The van der Waals surface area contributed by atoms with E-state index >= 15 is 0 Å². The van der Waals surface area contributed by atoms with Crippen LogP contribution in [-0.2, 0) is 15.6 Å². The second kappa shape index (κ2) is 5.65. The summed E-state index contributed by atoms with van der Waals surface area (Å²) in [6.45, 7) is 1.81. The van der Waals surface area contributed by atoms with Gasteiger partial charge in [-0.05, 0) is 31.8 Å².